The van der Waals surface area contributed by atoms with Crippen LogP contribution in [0.4, 0.5) is 0 Å². The van der Waals surface area contributed by atoms with Crippen LogP contribution in [-0.2, 0) is 32.5 Å². The largest absolute Gasteiger partial charge is 0.204 e. The molecule has 7 rings (SSSR count). The van der Waals surface area contributed by atoms with Gasteiger partial charge in [-0.15, -0.1) is 0 Å². The van der Waals surface area contributed by atoms with Crippen molar-refractivity contribution in [2.45, 2.75) is 157 Å². The zero-order valence-corrected chi connectivity index (χ0v) is 49.7. The second-order valence-corrected chi connectivity index (χ2v) is 28.5. The number of hydrogen-bond acceptors (Lipinski definition) is 0. The molecule has 0 aliphatic heterocycles. The van der Waals surface area contributed by atoms with Crippen molar-refractivity contribution in [1.29, 1.82) is 0 Å². The Morgan fingerprint density at radius 2 is 0.568 bits per heavy atom. The van der Waals surface area contributed by atoms with E-state index in [0.29, 0.717) is 16.4 Å². The average Bonchev–Trinajstić information content (AvgIpc) is 3.32. The van der Waals surface area contributed by atoms with E-state index in [2.05, 4.69) is 305 Å². The normalized spacial score (nSPS) is 12.7. The quantitative estimate of drug-likeness (QED) is 0.0936. The van der Waals surface area contributed by atoms with Crippen LogP contribution in [0.2, 0.25) is 0 Å². The van der Waals surface area contributed by atoms with Gasteiger partial charge >= 0.3 is 0 Å². The van der Waals surface area contributed by atoms with Crippen molar-refractivity contribution in [2.75, 3.05) is 0 Å². The van der Waals surface area contributed by atoms with Crippen molar-refractivity contribution < 1.29 is 0 Å². The smallest absolute Gasteiger partial charge is 0.0622 e. The van der Waals surface area contributed by atoms with E-state index in [1.54, 1.807) is 0 Å². The molecule has 0 saturated heterocycles. The fraction of sp³-hybridized carbons (Fsp3) is 0.333. The molecule has 374 valence electrons. The molecule has 0 radical (unpaired) electrons. The first-order valence-corrected chi connectivity index (χ1v) is 28.3. The van der Waals surface area contributed by atoms with Crippen molar-refractivity contribution in [1.82, 2.24) is 0 Å². The molecule has 0 amide bonds. The lowest BCUT2D eigenvalue weighted by atomic mass is 9.75. The SMILES string of the molecule is CC(C)(C)c1cc(C(C)(C)C)c([PH+]=C(C#CC#Cc2c3ccccc3c(C#CC#CC(=[PH+]c3c(C(C)(C)C)cc(C(C)(C)C)cc3C(C)(C)C)c3ccccc3)c3ccccc23)c2ccccc2)c(C(C)(C)C)c1. The molecule has 0 heterocycles. The van der Waals surface area contributed by atoms with Crippen LogP contribution >= 0.6 is 16.4 Å². The maximum Gasteiger partial charge on any atom is 0.204 e. The molecule has 2 unspecified atom stereocenters. The Balaban J connectivity index is 1.37. The Labute approximate surface area is 450 Å². The summed E-state index contributed by atoms with van der Waals surface area (Å²) in [5, 5.41) is 9.18. The summed E-state index contributed by atoms with van der Waals surface area (Å²) in [7, 11) is 0.726. The van der Waals surface area contributed by atoms with Gasteiger partial charge in [-0.2, -0.15) is 0 Å². The molecule has 0 N–H and O–H groups in total. The van der Waals surface area contributed by atoms with E-state index in [1.807, 2.05) is 0 Å². The lowest BCUT2D eigenvalue weighted by molar-refractivity contribution is 0.553. The molecule has 0 bridgehead atoms. The molecule has 0 aliphatic rings. The third-order valence-electron chi connectivity index (χ3n) is 13.7. The Kier molecular flexibility index (Phi) is 16.1. The van der Waals surface area contributed by atoms with Gasteiger partial charge in [0.1, 0.15) is 16.4 Å². The first-order valence-electron chi connectivity index (χ1n) is 26.3. The first-order chi connectivity index (χ1) is 34.5. The van der Waals surface area contributed by atoms with Crippen molar-refractivity contribution in [2.24, 2.45) is 0 Å². The van der Waals surface area contributed by atoms with Crippen molar-refractivity contribution in [3.05, 3.63) is 189 Å². The molecule has 0 spiro atoms. The molecule has 2 atom stereocenters. The molecule has 7 aromatic carbocycles. The Hall–Kier alpha value is -6.36. The lowest BCUT2D eigenvalue weighted by Crippen LogP contribution is -2.30. The van der Waals surface area contributed by atoms with Gasteiger partial charge in [-0.05, 0) is 125 Å². The molecule has 2 heteroatoms. The van der Waals surface area contributed by atoms with Crippen LogP contribution in [0.3, 0.4) is 0 Å². The zero-order chi connectivity index (χ0) is 54.0. The number of benzene rings is 7. The standard InChI is InChI=1S/C72H76P2/c1-67(2,3)51-45-59(69(7,8)9)65(60(46-51)70(10,11)12)73-63(49-33-21-19-22-34-49)43-31-29-41-57-53-37-25-27-39-55(53)58(56-40-28-26-38-54(56)57)42-30-32-44-64(50-35-23-20-24-36-50)74-66-61(71(13,14)15)47-52(68(4,5)6)48-62(66)72(16,17)18/h19-28,33-40,45-48H,1-18H3/p+2. The second-order valence-electron chi connectivity index (χ2n) is 26.0. The zero-order valence-electron chi connectivity index (χ0n) is 47.7. The van der Waals surface area contributed by atoms with E-state index >= 15 is 0 Å². The summed E-state index contributed by atoms with van der Waals surface area (Å²) >= 11 is 0. The molecule has 0 aliphatic carbocycles. The van der Waals surface area contributed by atoms with E-state index in [-0.39, 0.29) is 32.5 Å². The Bertz CT molecular complexity index is 3210. The van der Waals surface area contributed by atoms with E-state index in [0.717, 1.165) is 54.4 Å². The maximum absolute atomic E-state index is 3.63. The van der Waals surface area contributed by atoms with Crippen LogP contribution < -0.4 is 10.6 Å². The predicted octanol–water partition coefficient (Wildman–Crippen LogP) is 16.9. The number of fused-ring (bicyclic) bond motifs is 2. The van der Waals surface area contributed by atoms with E-state index in [4.69, 9.17) is 0 Å². The lowest BCUT2D eigenvalue weighted by Gasteiger charge is -2.30. The highest BCUT2D eigenvalue weighted by atomic mass is 31.1. The van der Waals surface area contributed by atoms with Gasteiger partial charge < -0.3 is 0 Å². The fourth-order valence-electron chi connectivity index (χ4n) is 9.37. The summed E-state index contributed by atoms with van der Waals surface area (Å²) in [6.45, 7) is 42.0. The number of rotatable bonds is 4. The summed E-state index contributed by atoms with van der Waals surface area (Å²) in [4.78, 5) is 0. The summed E-state index contributed by atoms with van der Waals surface area (Å²) < 4.78 is 0. The molecule has 7 aromatic rings. The Morgan fingerprint density at radius 1 is 0.311 bits per heavy atom. The van der Waals surface area contributed by atoms with Gasteiger partial charge in [-0.1, -0.05) is 246 Å². The van der Waals surface area contributed by atoms with Crippen LogP contribution in [-0.4, -0.2) is 10.6 Å². The minimum Gasteiger partial charge on any atom is -0.0622 e. The van der Waals surface area contributed by atoms with Crippen LogP contribution in [0.1, 0.15) is 180 Å². The predicted molar refractivity (Wildman–Crippen MR) is 333 cm³/mol. The third kappa shape index (κ3) is 12.9. The summed E-state index contributed by atoms with van der Waals surface area (Å²) in [6, 6.07) is 48.2. The van der Waals surface area contributed by atoms with Gasteiger partial charge in [0.15, 0.2) is 10.6 Å². The van der Waals surface area contributed by atoms with Crippen molar-refractivity contribution in [3.63, 3.8) is 0 Å². The van der Waals surface area contributed by atoms with Crippen LogP contribution in [0.5, 0.6) is 0 Å². The van der Waals surface area contributed by atoms with Crippen LogP contribution in [0.25, 0.3) is 21.5 Å². The molecule has 0 nitrogen and oxygen atoms in total. The molecule has 0 saturated carbocycles. The highest BCUT2D eigenvalue weighted by Crippen LogP contribution is 2.38. The maximum atomic E-state index is 3.63. The average molecular weight is 1010 g/mol. The number of hydrogen-bond donors (Lipinski definition) is 0. The van der Waals surface area contributed by atoms with Gasteiger partial charge in [0, 0.05) is 44.5 Å². The fourth-order valence-corrected chi connectivity index (χ4v) is 13.1. The van der Waals surface area contributed by atoms with E-state index in [1.165, 1.54) is 44.0 Å². The topological polar surface area (TPSA) is 0 Å². The Morgan fingerprint density at radius 3 is 0.811 bits per heavy atom. The first kappa shape index (κ1) is 55.4. The molecule has 74 heavy (non-hydrogen) atoms. The van der Waals surface area contributed by atoms with Crippen molar-refractivity contribution >= 4 is 59.1 Å². The summed E-state index contributed by atoms with van der Waals surface area (Å²) in [6.07, 6.45) is 0. The van der Waals surface area contributed by atoms with Gasteiger partial charge in [-0.3, -0.25) is 0 Å². The highest BCUT2D eigenvalue weighted by Gasteiger charge is 2.34. The molecule has 0 fully saturated rings. The molecule has 0 aromatic heterocycles. The second kappa shape index (κ2) is 21.5. The highest BCUT2D eigenvalue weighted by molar-refractivity contribution is 7.51. The van der Waals surface area contributed by atoms with Gasteiger partial charge in [0.2, 0.25) is 10.6 Å². The monoisotopic (exact) mass is 1000 g/mol. The van der Waals surface area contributed by atoms with Gasteiger partial charge in [0.05, 0.1) is 0 Å². The van der Waals surface area contributed by atoms with E-state index in [9.17, 15) is 0 Å². The van der Waals surface area contributed by atoms with Crippen LogP contribution in [0, 0.1) is 47.4 Å². The third-order valence-corrected chi connectivity index (χ3v) is 16.6. The minimum absolute atomic E-state index is 0.0237. The molecular weight excluding hydrogens is 927 g/mol. The van der Waals surface area contributed by atoms with Crippen LogP contribution in [0.15, 0.2) is 133 Å². The summed E-state index contributed by atoms with van der Waals surface area (Å²) in [5.74, 6) is 27.9. The molecular formula is C72H78P2+2. The van der Waals surface area contributed by atoms with Gasteiger partial charge in [0.25, 0.3) is 0 Å². The summed E-state index contributed by atoms with van der Waals surface area (Å²) in [5.41, 5.74) is 12.3. The van der Waals surface area contributed by atoms with Crippen molar-refractivity contribution in [3.8, 4) is 47.4 Å². The van der Waals surface area contributed by atoms with E-state index < -0.39 is 0 Å². The van der Waals surface area contributed by atoms with Gasteiger partial charge in [-0.25, -0.2) is 0 Å². The minimum atomic E-state index is -0.0555.